The molecule has 9 heteroatoms. The summed E-state index contributed by atoms with van der Waals surface area (Å²) in [6, 6.07) is 0.811. The van der Waals surface area contributed by atoms with Crippen LogP contribution in [0.3, 0.4) is 0 Å². The Hall–Kier alpha value is -1.80. The normalized spacial score (nSPS) is 12.2. The lowest BCUT2D eigenvalue weighted by atomic mass is 10.2. The van der Waals surface area contributed by atoms with Crippen LogP contribution in [-0.2, 0) is 6.18 Å². The van der Waals surface area contributed by atoms with Gasteiger partial charge in [0.15, 0.2) is 5.65 Å². The van der Waals surface area contributed by atoms with Crippen molar-refractivity contribution in [2.24, 2.45) is 0 Å². The molecule has 0 aliphatic carbocycles. The van der Waals surface area contributed by atoms with E-state index >= 15 is 0 Å². The number of alkyl halides is 3. The SMILES string of the molecule is CCN(CC)CCNC(=O)c1c(C)nc2c(Cl)cc(C(F)(F)F)cn12. The molecule has 2 rings (SSSR count). The molecule has 0 spiro atoms. The molecule has 2 aromatic heterocycles. The molecule has 0 aliphatic rings. The molecular weight excluding hydrogens is 357 g/mol. The number of hydrogen-bond acceptors (Lipinski definition) is 3. The van der Waals surface area contributed by atoms with E-state index in [-0.39, 0.29) is 16.4 Å². The van der Waals surface area contributed by atoms with Gasteiger partial charge >= 0.3 is 6.18 Å². The Balaban J connectivity index is 2.32. The smallest absolute Gasteiger partial charge is 0.349 e. The molecule has 0 aliphatic heterocycles. The number of carbonyl (C=O) groups is 1. The number of pyridine rings is 1. The third-order valence-corrected chi connectivity index (χ3v) is 4.28. The van der Waals surface area contributed by atoms with E-state index in [2.05, 4.69) is 15.2 Å². The molecule has 0 unspecified atom stereocenters. The van der Waals surface area contributed by atoms with Crippen LogP contribution in [0.4, 0.5) is 13.2 Å². The van der Waals surface area contributed by atoms with Crippen molar-refractivity contribution in [3.8, 4) is 0 Å². The van der Waals surface area contributed by atoms with Crippen molar-refractivity contribution in [1.29, 1.82) is 0 Å². The van der Waals surface area contributed by atoms with E-state index in [1.807, 2.05) is 13.8 Å². The highest BCUT2D eigenvalue weighted by atomic mass is 35.5. The molecule has 0 aromatic carbocycles. The number of carbonyl (C=O) groups excluding carboxylic acids is 1. The molecule has 0 bridgehead atoms. The minimum absolute atomic E-state index is 0.0579. The molecule has 25 heavy (non-hydrogen) atoms. The molecule has 0 radical (unpaired) electrons. The average Bonchev–Trinajstić information content (AvgIpc) is 2.87. The van der Waals surface area contributed by atoms with Gasteiger partial charge in [-0.15, -0.1) is 0 Å². The number of amides is 1. The van der Waals surface area contributed by atoms with E-state index in [4.69, 9.17) is 11.6 Å². The van der Waals surface area contributed by atoms with E-state index in [1.54, 1.807) is 6.92 Å². The Labute approximate surface area is 148 Å². The molecule has 0 saturated carbocycles. The van der Waals surface area contributed by atoms with Gasteiger partial charge < -0.3 is 10.2 Å². The fraction of sp³-hybridized carbons (Fsp3) is 0.500. The highest BCUT2D eigenvalue weighted by molar-refractivity contribution is 6.33. The zero-order valence-electron chi connectivity index (χ0n) is 14.2. The van der Waals surface area contributed by atoms with Gasteiger partial charge in [0.25, 0.3) is 5.91 Å². The number of imidazole rings is 1. The monoisotopic (exact) mass is 376 g/mol. The third-order valence-electron chi connectivity index (χ3n) is 4.00. The number of aryl methyl sites for hydroxylation is 1. The minimum atomic E-state index is -4.56. The van der Waals surface area contributed by atoms with Crippen molar-refractivity contribution >= 4 is 23.2 Å². The lowest BCUT2D eigenvalue weighted by Gasteiger charge is -2.18. The van der Waals surface area contributed by atoms with Crippen LogP contribution in [0.1, 0.15) is 35.6 Å². The van der Waals surface area contributed by atoms with Crippen LogP contribution in [0.5, 0.6) is 0 Å². The summed E-state index contributed by atoms with van der Waals surface area (Å²) in [5, 5.41) is 2.58. The number of nitrogens with one attached hydrogen (secondary N) is 1. The molecule has 1 N–H and O–H groups in total. The van der Waals surface area contributed by atoms with Crippen LogP contribution < -0.4 is 5.32 Å². The van der Waals surface area contributed by atoms with E-state index in [1.165, 1.54) is 0 Å². The van der Waals surface area contributed by atoms with Crippen LogP contribution >= 0.6 is 11.6 Å². The highest BCUT2D eigenvalue weighted by Crippen LogP contribution is 2.33. The van der Waals surface area contributed by atoms with Crippen molar-refractivity contribution in [2.45, 2.75) is 26.9 Å². The Morgan fingerprint density at radius 2 is 2.00 bits per heavy atom. The zero-order chi connectivity index (χ0) is 18.8. The second kappa shape index (κ2) is 7.61. The Morgan fingerprint density at radius 3 is 2.56 bits per heavy atom. The van der Waals surface area contributed by atoms with Crippen molar-refractivity contribution in [3.63, 3.8) is 0 Å². The van der Waals surface area contributed by atoms with Crippen molar-refractivity contribution < 1.29 is 18.0 Å². The maximum absolute atomic E-state index is 13.0. The number of likely N-dealkylation sites (N-methyl/N-ethyl adjacent to an activating group) is 1. The van der Waals surface area contributed by atoms with Gasteiger partial charge in [-0.05, 0) is 26.1 Å². The van der Waals surface area contributed by atoms with Crippen LogP contribution in [-0.4, -0.2) is 46.4 Å². The van der Waals surface area contributed by atoms with Gasteiger partial charge in [0.1, 0.15) is 5.69 Å². The quantitative estimate of drug-likeness (QED) is 0.840. The second-order valence-corrected chi connectivity index (χ2v) is 6.00. The number of halogens is 4. The third kappa shape index (κ3) is 4.24. The van der Waals surface area contributed by atoms with Gasteiger partial charge in [-0.2, -0.15) is 13.2 Å². The minimum Gasteiger partial charge on any atom is -0.349 e. The standard InChI is InChI=1S/C16H20ClF3N4O/c1-4-23(5-2)7-6-21-15(25)13-10(3)22-14-12(17)8-11(9-24(13)14)16(18,19)20/h8-9H,4-7H2,1-3H3,(H,21,25). The Morgan fingerprint density at radius 1 is 1.36 bits per heavy atom. The number of rotatable bonds is 6. The van der Waals surface area contributed by atoms with E-state index in [0.717, 1.165) is 29.8 Å². The molecule has 138 valence electrons. The highest BCUT2D eigenvalue weighted by Gasteiger charge is 2.32. The molecule has 5 nitrogen and oxygen atoms in total. The van der Waals surface area contributed by atoms with Crippen molar-refractivity contribution in [2.75, 3.05) is 26.2 Å². The van der Waals surface area contributed by atoms with Gasteiger partial charge in [0, 0.05) is 19.3 Å². The van der Waals surface area contributed by atoms with Crippen molar-refractivity contribution in [1.82, 2.24) is 19.6 Å². The second-order valence-electron chi connectivity index (χ2n) is 5.60. The van der Waals surface area contributed by atoms with Crippen molar-refractivity contribution in [3.05, 3.63) is 34.2 Å². The largest absolute Gasteiger partial charge is 0.417 e. The number of aromatic nitrogens is 2. The van der Waals surface area contributed by atoms with Gasteiger partial charge in [-0.25, -0.2) is 4.98 Å². The molecule has 0 fully saturated rings. The average molecular weight is 377 g/mol. The maximum atomic E-state index is 13.0. The lowest BCUT2D eigenvalue weighted by molar-refractivity contribution is -0.137. The molecule has 0 atom stereocenters. The summed E-state index contributed by atoms with van der Waals surface area (Å²) in [5.74, 6) is -0.479. The van der Waals surface area contributed by atoms with Gasteiger partial charge in [0.05, 0.1) is 16.3 Å². The summed E-state index contributed by atoms with van der Waals surface area (Å²) in [7, 11) is 0. The van der Waals surface area contributed by atoms with Crippen LogP contribution in [0.25, 0.3) is 5.65 Å². The van der Waals surface area contributed by atoms with Gasteiger partial charge in [-0.3, -0.25) is 9.20 Å². The topological polar surface area (TPSA) is 49.6 Å². The number of nitrogens with zero attached hydrogens (tertiary/aromatic N) is 3. The molecule has 0 saturated heterocycles. The summed E-state index contributed by atoms with van der Waals surface area (Å²) in [6.45, 7) is 8.34. The van der Waals surface area contributed by atoms with E-state index in [0.29, 0.717) is 18.8 Å². The number of hydrogen-bond donors (Lipinski definition) is 1. The number of fused-ring (bicyclic) bond motifs is 1. The summed E-state index contributed by atoms with van der Waals surface area (Å²) in [4.78, 5) is 18.7. The first kappa shape index (κ1) is 19.5. The van der Waals surface area contributed by atoms with Crippen LogP contribution in [0, 0.1) is 6.92 Å². The van der Waals surface area contributed by atoms with Gasteiger partial charge in [-0.1, -0.05) is 25.4 Å². The summed E-state index contributed by atoms with van der Waals surface area (Å²) < 4.78 is 40.1. The maximum Gasteiger partial charge on any atom is 0.417 e. The summed E-state index contributed by atoms with van der Waals surface area (Å²) >= 11 is 5.92. The Kier molecular flexibility index (Phi) is 5.95. The fourth-order valence-corrected chi connectivity index (χ4v) is 2.85. The molecule has 2 heterocycles. The lowest BCUT2D eigenvalue weighted by Crippen LogP contribution is -2.35. The Bertz CT molecular complexity index is 769. The van der Waals surface area contributed by atoms with Crippen LogP contribution in [0.2, 0.25) is 5.02 Å². The first-order valence-electron chi connectivity index (χ1n) is 7.95. The molecule has 1 amide bonds. The first-order valence-corrected chi connectivity index (χ1v) is 8.32. The van der Waals surface area contributed by atoms with E-state index in [9.17, 15) is 18.0 Å². The van der Waals surface area contributed by atoms with Crippen LogP contribution in [0.15, 0.2) is 12.3 Å². The predicted molar refractivity (Wildman–Crippen MR) is 90.1 cm³/mol. The van der Waals surface area contributed by atoms with Gasteiger partial charge in [0.2, 0.25) is 0 Å². The molecular formula is C16H20ClF3N4O. The predicted octanol–water partition coefficient (Wildman–Crippen LogP) is 3.39. The summed E-state index contributed by atoms with van der Waals surface area (Å²) in [5.41, 5.74) is -0.426. The fourth-order valence-electron chi connectivity index (χ4n) is 2.60. The summed E-state index contributed by atoms with van der Waals surface area (Å²) in [6.07, 6.45) is -3.72. The molecule has 2 aromatic rings. The van der Waals surface area contributed by atoms with E-state index < -0.39 is 17.6 Å². The zero-order valence-corrected chi connectivity index (χ0v) is 15.0. The first-order chi connectivity index (χ1) is 11.7.